The molecule has 0 spiro atoms. The fourth-order valence-corrected chi connectivity index (χ4v) is 1.91. The zero-order valence-corrected chi connectivity index (χ0v) is 9.14. The Morgan fingerprint density at radius 3 is 2.92 bits per heavy atom. The zero-order valence-electron chi connectivity index (χ0n) is 8.32. The van der Waals surface area contributed by atoms with Gasteiger partial charge in [-0.05, 0) is 24.2 Å². The average molecular weight is 202 g/mol. The standard InChI is InChI=1S/C10H18O2S/c1-8(2)13-7-9(11)10-5-3-4-6-12-10/h5,8-9,11H,3-4,6-7H2,1-2H3. The molecule has 1 aliphatic heterocycles. The molecule has 0 radical (unpaired) electrons. The van der Waals surface area contributed by atoms with Gasteiger partial charge in [0, 0.05) is 5.75 Å². The maximum Gasteiger partial charge on any atom is 0.121 e. The van der Waals surface area contributed by atoms with Gasteiger partial charge in [0.1, 0.15) is 11.9 Å². The van der Waals surface area contributed by atoms with E-state index in [2.05, 4.69) is 13.8 Å². The summed E-state index contributed by atoms with van der Waals surface area (Å²) in [4.78, 5) is 0. The Balaban J connectivity index is 2.29. The normalized spacial score (nSPS) is 19.5. The molecule has 0 aliphatic carbocycles. The van der Waals surface area contributed by atoms with Crippen LogP contribution in [-0.4, -0.2) is 28.8 Å². The van der Waals surface area contributed by atoms with Crippen molar-refractivity contribution in [2.24, 2.45) is 0 Å². The van der Waals surface area contributed by atoms with Crippen molar-refractivity contribution in [1.29, 1.82) is 0 Å². The lowest BCUT2D eigenvalue weighted by molar-refractivity contribution is 0.104. The Kier molecular flexibility index (Phi) is 4.67. The van der Waals surface area contributed by atoms with Crippen molar-refractivity contribution in [3.05, 3.63) is 11.8 Å². The summed E-state index contributed by atoms with van der Waals surface area (Å²) in [6.45, 7) is 5.02. The molecule has 1 N–H and O–H groups in total. The third kappa shape index (κ3) is 4.05. The van der Waals surface area contributed by atoms with E-state index >= 15 is 0 Å². The molecule has 0 saturated heterocycles. The van der Waals surface area contributed by atoms with Crippen LogP contribution in [0.4, 0.5) is 0 Å². The number of allylic oxidation sites excluding steroid dienone is 1. The van der Waals surface area contributed by atoms with Crippen molar-refractivity contribution in [1.82, 2.24) is 0 Å². The molecule has 0 bridgehead atoms. The fourth-order valence-electron chi connectivity index (χ4n) is 1.17. The topological polar surface area (TPSA) is 29.5 Å². The van der Waals surface area contributed by atoms with Gasteiger partial charge in [-0.1, -0.05) is 13.8 Å². The van der Waals surface area contributed by atoms with Gasteiger partial charge in [-0.2, -0.15) is 11.8 Å². The van der Waals surface area contributed by atoms with Gasteiger partial charge < -0.3 is 9.84 Å². The second kappa shape index (κ2) is 5.55. The molecule has 0 aromatic heterocycles. The van der Waals surface area contributed by atoms with Crippen LogP contribution in [0.2, 0.25) is 0 Å². The van der Waals surface area contributed by atoms with Crippen LogP contribution in [0.3, 0.4) is 0 Å². The Hall–Kier alpha value is -0.150. The number of hydrogen-bond donors (Lipinski definition) is 1. The van der Waals surface area contributed by atoms with Gasteiger partial charge in [-0.25, -0.2) is 0 Å². The van der Waals surface area contributed by atoms with Crippen molar-refractivity contribution in [3.8, 4) is 0 Å². The SMILES string of the molecule is CC(C)SCC(O)C1=CCCCO1. The van der Waals surface area contributed by atoms with E-state index in [0.717, 1.165) is 31.0 Å². The highest BCUT2D eigenvalue weighted by atomic mass is 32.2. The van der Waals surface area contributed by atoms with Gasteiger partial charge in [0.05, 0.1) is 6.61 Å². The van der Waals surface area contributed by atoms with Crippen LogP contribution in [0.1, 0.15) is 26.7 Å². The highest BCUT2D eigenvalue weighted by Crippen LogP contribution is 2.18. The predicted octanol–water partition coefficient (Wildman–Crippen LogP) is 2.18. The highest BCUT2D eigenvalue weighted by molar-refractivity contribution is 7.99. The summed E-state index contributed by atoms with van der Waals surface area (Å²) in [5.74, 6) is 1.52. The quantitative estimate of drug-likeness (QED) is 0.757. The number of rotatable bonds is 4. The van der Waals surface area contributed by atoms with E-state index in [0.29, 0.717) is 5.25 Å². The Bertz CT molecular complexity index is 178. The molecule has 2 nitrogen and oxygen atoms in total. The van der Waals surface area contributed by atoms with Crippen LogP contribution < -0.4 is 0 Å². The first-order valence-corrected chi connectivity index (χ1v) is 5.87. The van der Waals surface area contributed by atoms with Crippen LogP contribution in [-0.2, 0) is 4.74 Å². The predicted molar refractivity (Wildman–Crippen MR) is 56.9 cm³/mol. The minimum Gasteiger partial charge on any atom is -0.495 e. The lowest BCUT2D eigenvalue weighted by Gasteiger charge is -2.20. The Morgan fingerprint density at radius 1 is 1.62 bits per heavy atom. The summed E-state index contributed by atoms with van der Waals surface area (Å²) in [5, 5.41) is 10.3. The van der Waals surface area contributed by atoms with E-state index < -0.39 is 6.10 Å². The number of aliphatic hydroxyl groups excluding tert-OH is 1. The van der Waals surface area contributed by atoms with E-state index in [-0.39, 0.29) is 0 Å². The number of ether oxygens (including phenoxy) is 1. The maximum atomic E-state index is 9.71. The van der Waals surface area contributed by atoms with Gasteiger partial charge in [0.25, 0.3) is 0 Å². The lowest BCUT2D eigenvalue weighted by Crippen LogP contribution is -2.19. The molecule has 0 aromatic rings. The van der Waals surface area contributed by atoms with Crippen molar-refractivity contribution < 1.29 is 9.84 Å². The van der Waals surface area contributed by atoms with Crippen molar-refractivity contribution in [2.75, 3.05) is 12.4 Å². The molecule has 1 heterocycles. The van der Waals surface area contributed by atoms with Crippen molar-refractivity contribution in [3.63, 3.8) is 0 Å². The van der Waals surface area contributed by atoms with Gasteiger partial charge in [-0.15, -0.1) is 0 Å². The van der Waals surface area contributed by atoms with Crippen LogP contribution in [0.5, 0.6) is 0 Å². The Labute approximate surface area is 84.4 Å². The molecule has 1 rings (SSSR count). The molecule has 0 saturated carbocycles. The molecule has 1 aliphatic rings. The first-order chi connectivity index (χ1) is 6.20. The maximum absolute atomic E-state index is 9.71. The van der Waals surface area contributed by atoms with Crippen molar-refractivity contribution >= 4 is 11.8 Å². The van der Waals surface area contributed by atoms with E-state index in [1.54, 1.807) is 11.8 Å². The van der Waals surface area contributed by atoms with Gasteiger partial charge in [-0.3, -0.25) is 0 Å². The molecular formula is C10H18O2S. The molecule has 3 heteroatoms. The van der Waals surface area contributed by atoms with Crippen LogP contribution in [0.15, 0.2) is 11.8 Å². The van der Waals surface area contributed by atoms with Crippen LogP contribution >= 0.6 is 11.8 Å². The molecule has 76 valence electrons. The van der Waals surface area contributed by atoms with Gasteiger partial charge in [0.15, 0.2) is 0 Å². The van der Waals surface area contributed by atoms with E-state index in [4.69, 9.17) is 4.74 Å². The summed E-state index contributed by atoms with van der Waals surface area (Å²) in [6.07, 6.45) is 3.72. The molecule has 0 aromatic carbocycles. The second-order valence-electron chi connectivity index (χ2n) is 3.50. The molecule has 1 atom stereocenters. The summed E-state index contributed by atoms with van der Waals surface area (Å²) in [7, 11) is 0. The third-order valence-corrected chi connectivity index (χ3v) is 3.05. The summed E-state index contributed by atoms with van der Waals surface area (Å²) < 4.78 is 5.37. The smallest absolute Gasteiger partial charge is 0.121 e. The first-order valence-electron chi connectivity index (χ1n) is 4.82. The number of aliphatic hydroxyl groups is 1. The first kappa shape index (κ1) is 10.9. The fraction of sp³-hybridized carbons (Fsp3) is 0.800. The third-order valence-electron chi connectivity index (χ3n) is 1.88. The number of thioether (sulfide) groups is 1. The van der Waals surface area contributed by atoms with Gasteiger partial charge in [0.2, 0.25) is 0 Å². The van der Waals surface area contributed by atoms with Crippen LogP contribution in [0.25, 0.3) is 0 Å². The summed E-state index contributed by atoms with van der Waals surface area (Å²) >= 11 is 1.76. The van der Waals surface area contributed by atoms with E-state index in [9.17, 15) is 5.11 Å². The van der Waals surface area contributed by atoms with E-state index in [1.165, 1.54) is 0 Å². The molecular weight excluding hydrogens is 184 g/mol. The molecule has 0 fully saturated rings. The van der Waals surface area contributed by atoms with Crippen molar-refractivity contribution in [2.45, 2.75) is 38.0 Å². The molecule has 1 unspecified atom stereocenters. The largest absolute Gasteiger partial charge is 0.495 e. The lowest BCUT2D eigenvalue weighted by atomic mass is 10.2. The average Bonchev–Trinajstić information content (AvgIpc) is 2.15. The minimum atomic E-state index is -0.410. The Morgan fingerprint density at radius 2 is 2.38 bits per heavy atom. The monoisotopic (exact) mass is 202 g/mol. The minimum absolute atomic E-state index is 0.410. The summed E-state index contributed by atoms with van der Waals surface area (Å²) in [6, 6.07) is 0. The number of hydrogen-bond acceptors (Lipinski definition) is 3. The second-order valence-corrected chi connectivity index (χ2v) is 5.10. The highest BCUT2D eigenvalue weighted by Gasteiger charge is 2.15. The summed E-state index contributed by atoms with van der Waals surface area (Å²) in [5.41, 5.74) is 0. The van der Waals surface area contributed by atoms with E-state index in [1.807, 2.05) is 6.08 Å². The van der Waals surface area contributed by atoms with Gasteiger partial charge >= 0.3 is 0 Å². The van der Waals surface area contributed by atoms with Crippen LogP contribution in [0, 0.1) is 0 Å². The molecule has 0 amide bonds. The molecule has 13 heavy (non-hydrogen) atoms. The zero-order chi connectivity index (χ0) is 9.68.